The number of rotatable bonds is 1. The molecule has 0 unspecified atom stereocenters. The summed E-state index contributed by atoms with van der Waals surface area (Å²) in [7, 11) is 0. The molecular formula is C12H13N3. The number of nitrogens with one attached hydrogen (secondary N) is 1. The van der Waals surface area contributed by atoms with E-state index in [-0.39, 0.29) is 5.84 Å². The first kappa shape index (κ1) is 9.65. The molecule has 0 spiro atoms. The molecule has 3 nitrogen and oxygen atoms in total. The molecule has 3 heteroatoms. The van der Waals surface area contributed by atoms with Crippen molar-refractivity contribution >= 4 is 16.7 Å². The Morgan fingerprint density at radius 2 is 2.00 bits per heavy atom. The van der Waals surface area contributed by atoms with E-state index in [1.807, 2.05) is 25.1 Å². The van der Waals surface area contributed by atoms with Gasteiger partial charge in [-0.2, -0.15) is 0 Å². The fourth-order valence-electron chi connectivity index (χ4n) is 1.74. The number of nitrogens with two attached hydrogens (primary N) is 1. The summed E-state index contributed by atoms with van der Waals surface area (Å²) in [4.78, 5) is 4.43. The third-order valence-electron chi connectivity index (χ3n) is 2.46. The molecule has 2 rings (SSSR count). The zero-order chi connectivity index (χ0) is 11.0. The van der Waals surface area contributed by atoms with Crippen LogP contribution in [0.15, 0.2) is 24.3 Å². The highest BCUT2D eigenvalue weighted by molar-refractivity contribution is 5.98. The number of fused-ring (bicyclic) bond motifs is 1. The predicted octanol–water partition coefficient (Wildman–Crippen LogP) is 2.14. The van der Waals surface area contributed by atoms with Gasteiger partial charge < -0.3 is 5.73 Å². The van der Waals surface area contributed by atoms with E-state index < -0.39 is 0 Å². The molecule has 0 aliphatic carbocycles. The number of aryl methyl sites for hydroxylation is 2. The van der Waals surface area contributed by atoms with E-state index in [1.54, 1.807) is 0 Å². The molecule has 0 fully saturated rings. The average molecular weight is 199 g/mol. The molecule has 0 aliphatic rings. The molecule has 0 aliphatic heterocycles. The number of pyridine rings is 1. The Labute approximate surface area is 88.5 Å². The largest absolute Gasteiger partial charge is 0.384 e. The number of amidine groups is 1. The maximum absolute atomic E-state index is 7.37. The number of aromatic nitrogens is 1. The molecule has 0 bridgehead atoms. The van der Waals surface area contributed by atoms with Crippen LogP contribution in [0.3, 0.4) is 0 Å². The van der Waals surface area contributed by atoms with Crippen molar-refractivity contribution in [1.29, 1.82) is 5.41 Å². The van der Waals surface area contributed by atoms with Gasteiger partial charge in [0.15, 0.2) is 0 Å². The minimum atomic E-state index is 0.0814. The molecular weight excluding hydrogens is 186 g/mol. The van der Waals surface area contributed by atoms with Crippen LogP contribution >= 0.6 is 0 Å². The first-order valence-electron chi connectivity index (χ1n) is 4.80. The van der Waals surface area contributed by atoms with Gasteiger partial charge in [0, 0.05) is 16.6 Å². The van der Waals surface area contributed by atoms with Crippen LogP contribution in [0.2, 0.25) is 0 Å². The molecule has 76 valence electrons. The Bertz CT molecular complexity index is 544. The molecule has 1 aromatic carbocycles. The van der Waals surface area contributed by atoms with E-state index in [9.17, 15) is 0 Å². The van der Waals surface area contributed by atoms with Crippen molar-refractivity contribution in [3.63, 3.8) is 0 Å². The van der Waals surface area contributed by atoms with Gasteiger partial charge in [-0.05, 0) is 31.5 Å². The number of nitrogens with zero attached hydrogens (tertiary/aromatic N) is 1. The minimum Gasteiger partial charge on any atom is -0.384 e. The summed E-state index contributed by atoms with van der Waals surface area (Å²) in [5, 5.41) is 8.48. The topological polar surface area (TPSA) is 62.8 Å². The lowest BCUT2D eigenvalue weighted by atomic mass is 10.1. The normalized spacial score (nSPS) is 10.5. The number of hydrogen-bond acceptors (Lipinski definition) is 2. The van der Waals surface area contributed by atoms with Crippen LogP contribution in [0.5, 0.6) is 0 Å². The van der Waals surface area contributed by atoms with Crippen LogP contribution in [0, 0.1) is 19.3 Å². The van der Waals surface area contributed by atoms with Gasteiger partial charge in [-0.1, -0.05) is 12.1 Å². The van der Waals surface area contributed by atoms with E-state index >= 15 is 0 Å². The highest BCUT2D eigenvalue weighted by atomic mass is 14.7. The molecule has 0 radical (unpaired) electrons. The van der Waals surface area contributed by atoms with Crippen molar-refractivity contribution in [3.8, 4) is 0 Å². The predicted molar refractivity (Wildman–Crippen MR) is 62.2 cm³/mol. The molecule has 0 saturated heterocycles. The lowest BCUT2D eigenvalue weighted by molar-refractivity contribution is 1.23. The van der Waals surface area contributed by atoms with E-state index in [1.165, 1.54) is 5.56 Å². The summed E-state index contributed by atoms with van der Waals surface area (Å²) >= 11 is 0. The molecule has 0 saturated carbocycles. The minimum absolute atomic E-state index is 0.0814. The molecule has 3 N–H and O–H groups in total. The highest BCUT2D eigenvalue weighted by Crippen LogP contribution is 2.18. The second-order valence-electron chi connectivity index (χ2n) is 3.73. The van der Waals surface area contributed by atoms with Gasteiger partial charge in [-0.15, -0.1) is 0 Å². The van der Waals surface area contributed by atoms with Crippen LogP contribution in [0.4, 0.5) is 0 Å². The van der Waals surface area contributed by atoms with E-state index in [0.717, 1.165) is 22.2 Å². The van der Waals surface area contributed by atoms with E-state index in [4.69, 9.17) is 11.1 Å². The molecule has 0 amide bonds. The smallest absolute Gasteiger partial charge is 0.122 e. The van der Waals surface area contributed by atoms with Crippen molar-refractivity contribution in [3.05, 3.63) is 41.1 Å². The first-order chi connectivity index (χ1) is 7.08. The number of benzene rings is 1. The van der Waals surface area contributed by atoms with Crippen molar-refractivity contribution < 1.29 is 0 Å². The van der Waals surface area contributed by atoms with Crippen LogP contribution in [0.1, 0.15) is 16.8 Å². The van der Waals surface area contributed by atoms with Gasteiger partial charge in [-0.3, -0.25) is 10.4 Å². The zero-order valence-corrected chi connectivity index (χ0v) is 8.83. The summed E-state index contributed by atoms with van der Waals surface area (Å²) < 4.78 is 0. The second kappa shape index (κ2) is 3.35. The highest BCUT2D eigenvalue weighted by Gasteiger charge is 2.03. The summed E-state index contributed by atoms with van der Waals surface area (Å²) in [5.41, 5.74) is 9.25. The quantitative estimate of drug-likeness (QED) is 0.546. The fraction of sp³-hybridized carbons (Fsp3) is 0.167. The number of hydrogen-bond donors (Lipinski definition) is 2. The van der Waals surface area contributed by atoms with Gasteiger partial charge in [0.1, 0.15) is 5.84 Å². The lowest BCUT2D eigenvalue weighted by Gasteiger charge is -2.05. The molecule has 15 heavy (non-hydrogen) atoms. The van der Waals surface area contributed by atoms with Crippen molar-refractivity contribution in [2.24, 2.45) is 5.73 Å². The van der Waals surface area contributed by atoms with Crippen molar-refractivity contribution in [2.45, 2.75) is 13.8 Å². The SMILES string of the molecule is Cc1cc(C)c2ccc(C(=N)N)cc2n1. The van der Waals surface area contributed by atoms with Crippen LogP contribution in [-0.2, 0) is 0 Å². The van der Waals surface area contributed by atoms with Crippen LogP contribution in [0.25, 0.3) is 10.9 Å². The Balaban J connectivity index is 2.76. The molecule has 1 aromatic heterocycles. The standard InChI is InChI=1S/C12H13N3/c1-7-5-8(2)15-11-6-9(12(13)14)3-4-10(7)11/h3-6H,1-2H3,(H3,13,14). The summed E-state index contributed by atoms with van der Waals surface area (Å²) in [5.74, 6) is 0.0814. The third-order valence-corrected chi connectivity index (χ3v) is 2.46. The average Bonchev–Trinajstić information content (AvgIpc) is 2.16. The van der Waals surface area contributed by atoms with Crippen LogP contribution < -0.4 is 5.73 Å². The molecule has 1 heterocycles. The third kappa shape index (κ3) is 1.68. The Morgan fingerprint density at radius 1 is 1.27 bits per heavy atom. The molecule has 2 aromatic rings. The first-order valence-corrected chi connectivity index (χ1v) is 4.80. The van der Waals surface area contributed by atoms with Crippen molar-refractivity contribution in [1.82, 2.24) is 4.98 Å². The Hall–Kier alpha value is -1.90. The van der Waals surface area contributed by atoms with Crippen molar-refractivity contribution in [2.75, 3.05) is 0 Å². The summed E-state index contributed by atoms with van der Waals surface area (Å²) in [6.45, 7) is 4.03. The lowest BCUT2D eigenvalue weighted by Crippen LogP contribution is -2.10. The van der Waals surface area contributed by atoms with Gasteiger partial charge >= 0.3 is 0 Å². The fourth-order valence-corrected chi connectivity index (χ4v) is 1.74. The van der Waals surface area contributed by atoms with Gasteiger partial charge in [-0.25, -0.2) is 0 Å². The summed E-state index contributed by atoms with van der Waals surface area (Å²) in [6.07, 6.45) is 0. The maximum Gasteiger partial charge on any atom is 0.122 e. The molecule has 0 atom stereocenters. The Morgan fingerprint density at radius 3 is 2.67 bits per heavy atom. The monoisotopic (exact) mass is 199 g/mol. The van der Waals surface area contributed by atoms with Crippen LogP contribution in [-0.4, -0.2) is 10.8 Å². The van der Waals surface area contributed by atoms with Gasteiger partial charge in [0.2, 0.25) is 0 Å². The van der Waals surface area contributed by atoms with Gasteiger partial charge in [0.05, 0.1) is 5.52 Å². The number of nitrogen functional groups attached to an aromatic ring is 1. The van der Waals surface area contributed by atoms with E-state index in [0.29, 0.717) is 0 Å². The Kier molecular flexibility index (Phi) is 2.15. The van der Waals surface area contributed by atoms with E-state index in [2.05, 4.69) is 18.0 Å². The maximum atomic E-state index is 7.37. The summed E-state index contributed by atoms with van der Waals surface area (Å²) in [6, 6.07) is 7.73. The zero-order valence-electron chi connectivity index (χ0n) is 8.83. The van der Waals surface area contributed by atoms with Gasteiger partial charge in [0.25, 0.3) is 0 Å². The second-order valence-corrected chi connectivity index (χ2v) is 3.73.